The molecule has 0 aromatic heterocycles. The average Bonchev–Trinajstić information content (AvgIpc) is 2.39. The first kappa shape index (κ1) is 13.4. The molecular weight excluding hydrogens is 224 g/mol. The SMILES string of the molecule is CCCCCN(C)C1COc2ccccc2C1N. The number of nitrogens with two attached hydrogens (primary N) is 1. The van der Waals surface area contributed by atoms with E-state index in [2.05, 4.69) is 24.9 Å². The molecule has 0 fully saturated rings. The van der Waals surface area contributed by atoms with Gasteiger partial charge in [-0.2, -0.15) is 0 Å². The molecule has 0 radical (unpaired) electrons. The standard InChI is InChI=1S/C15H24N2O/c1-3-4-7-10-17(2)13-11-18-14-9-6-5-8-12(14)15(13)16/h5-6,8-9,13,15H,3-4,7,10-11,16H2,1-2H3. The third kappa shape index (κ3) is 2.85. The van der Waals surface area contributed by atoms with Crippen LogP contribution in [0.1, 0.15) is 37.8 Å². The third-order valence-electron chi connectivity index (χ3n) is 3.78. The highest BCUT2D eigenvalue weighted by molar-refractivity contribution is 5.38. The van der Waals surface area contributed by atoms with E-state index in [0.717, 1.165) is 17.9 Å². The summed E-state index contributed by atoms with van der Waals surface area (Å²) in [7, 11) is 2.15. The van der Waals surface area contributed by atoms with Crippen LogP contribution in [0.2, 0.25) is 0 Å². The molecule has 1 aromatic carbocycles. The summed E-state index contributed by atoms with van der Waals surface area (Å²) in [5.74, 6) is 0.947. The van der Waals surface area contributed by atoms with E-state index in [-0.39, 0.29) is 12.1 Å². The Bertz CT molecular complexity index is 381. The Labute approximate surface area is 110 Å². The van der Waals surface area contributed by atoms with Crippen LogP contribution in [0.5, 0.6) is 5.75 Å². The number of unbranched alkanes of at least 4 members (excludes halogenated alkanes) is 2. The van der Waals surface area contributed by atoms with Crippen molar-refractivity contribution in [3.8, 4) is 5.75 Å². The largest absolute Gasteiger partial charge is 0.492 e. The smallest absolute Gasteiger partial charge is 0.124 e. The second-order valence-corrected chi connectivity index (χ2v) is 5.13. The quantitative estimate of drug-likeness (QED) is 0.814. The first-order valence-electron chi connectivity index (χ1n) is 6.91. The number of fused-ring (bicyclic) bond motifs is 1. The molecule has 0 aliphatic carbocycles. The Morgan fingerprint density at radius 2 is 2.11 bits per heavy atom. The van der Waals surface area contributed by atoms with Crippen molar-refractivity contribution in [3.05, 3.63) is 29.8 Å². The van der Waals surface area contributed by atoms with Gasteiger partial charge < -0.3 is 10.5 Å². The van der Waals surface area contributed by atoms with Crippen LogP contribution < -0.4 is 10.5 Å². The van der Waals surface area contributed by atoms with Crippen molar-refractivity contribution in [2.24, 2.45) is 5.73 Å². The van der Waals surface area contributed by atoms with Crippen LogP contribution in [0.4, 0.5) is 0 Å². The Morgan fingerprint density at radius 1 is 1.33 bits per heavy atom. The van der Waals surface area contributed by atoms with E-state index in [0.29, 0.717) is 6.61 Å². The topological polar surface area (TPSA) is 38.5 Å². The highest BCUT2D eigenvalue weighted by Crippen LogP contribution is 2.32. The van der Waals surface area contributed by atoms with Crippen LogP contribution in [0, 0.1) is 0 Å². The molecular formula is C15H24N2O. The number of hydrogen-bond acceptors (Lipinski definition) is 3. The molecule has 3 heteroatoms. The van der Waals surface area contributed by atoms with Gasteiger partial charge in [-0.15, -0.1) is 0 Å². The molecule has 3 nitrogen and oxygen atoms in total. The molecule has 0 saturated carbocycles. The van der Waals surface area contributed by atoms with Gasteiger partial charge in [0.25, 0.3) is 0 Å². The second kappa shape index (κ2) is 6.21. The Hall–Kier alpha value is -1.06. The highest BCUT2D eigenvalue weighted by Gasteiger charge is 2.30. The maximum Gasteiger partial charge on any atom is 0.124 e. The van der Waals surface area contributed by atoms with Crippen molar-refractivity contribution < 1.29 is 4.74 Å². The number of hydrogen-bond donors (Lipinski definition) is 1. The Morgan fingerprint density at radius 3 is 2.89 bits per heavy atom. The molecule has 2 rings (SSSR count). The molecule has 18 heavy (non-hydrogen) atoms. The lowest BCUT2D eigenvalue weighted by Crippen LogP contribution is -2.47. The molecule has 2 atom stereocenters. The molecule has 2 N–H and O–H groups in total. The lowest BCUT2D eigenvalue weighted by Gasteiger charge is -2.37. The zero-order chi connectivity index (χ0) is 13.0. The summed E-state index contributed by atoms with van der Waals surface area (Å²) in [5, 5.41) is 0. The fourth-order valence-electron chi connectivity index (χ4n) is 2.55. The van der Waals surface area contributed by atoms with E-state index in [1.165, 1.54) is 19.3 Å². The summed E-state index contributed by atoms with van der Waals surface area (Å²) in [5.41, 5.74) is 7.51. The first-order chi connectivity index (χ1) is 8.74. The Balaban J connectivity index is 2.00. The van der Waals surface area contributed by atoms with Crippen molar-refractivity contribution in [1.82, 2.24) is 4.90 Å². The number of nitrogens with zero attached hydrogens (tertiary/aromatic N) is 1. The minimum Gasteiger partial charge on any atom is -0.492 e. The lowest BCUT2D eigenvalue weighted by molar-refractivity contribution is 0.118. The minimum absolute atomic E-state index is 0.0570. The van der Waals surface area contributed by atoms with Crippen LogP contribution in [-0.2, 0) is 0 Å². The van der Waals surface area contributed by atoms with Crippen LogP contribution in [0.3, 0.4) is 0 Å². The van der Waals surface area contributed by atoms with E-state index in [1.807, 2.05) is 18.2 Å². The summed E-state index contributed by atoms with van der Waals surface area (Å²) in [6.45, 7) is 4.02. The van der Waals surface area contributed by atoms with Crippen molar-refractivity contribution >= 4 is 0 Å². The van der Waals surface area contributed by atoms with E-state index < -0.39 is 0 Å². The van der Waals surface area contributed by atoms with Crippen molar-refractivity contribution in [3.63, 3.8) is 0 Å². The van der Waals surface area contributed by atoms with Gasteiger partial charge in [0.2, 0.25) is 0 Å². The molecule has 1 heterocycles. The third-order valence-corrected chi connectivity index (χ3v) is 3.78. The fourth-order valence-corrected chi connectivity index (χ4v) is 2.55. The Kier molecular flexibility index (Phi) is 4.61. The van der Waals surface area contributed by atoms with Gasteiger partial charge in [0.15, 0.2) is 0 Å². The number of para-hydroxylation sites is 1. The summed E-state index contributed by atoms with van der Waals surface area (Å²) < 4.78 is 5.81. The predicted molar refractivity (Wildman–Crippen MR) is 74.8 cm³/mol. The maximum atomic E-state index is 6.37. The van der Waals surface area contributed by atoms with Crippen LogP contribution in [0.25, 0.3) is 0 Å². The summed E-state index contributed by atoms with van der Waals surface area (Å²) in [6.07, 6.45) is 3.77. The molecule has 0 saturated heterocycles. The zero-order valence-electron chi connectivity index (χ0n) is 11.4. The highest BCUT2D eigenvalue weighted by atomic mass is 16.5. The van der Waals surface area contributed by atoms with Gasteiger partial charge in [-0.3, -0.25) is 4.90 Å². The van der Waals surface area contributed by atoms with E-state index >= 15 is 0 Å². The van der Waals surface area contributed by atoms with E-state index in [4.69, 9.17) is 10.5 Å². The zero-order valence-corrected chi connectivity index (χ0v) is 11.4. The normalized spacial score (nSPS) is 22.7. The molecule has 1 aliphatic rings. The molecule has 1 aromatic rings. The molecule has 0 spiro atoms. The van der Waals surface area contributed by atoms with Crippen LogP contribution >= 0.6 is 0 Å². The number of ether oxygens (including phenoxy) is 1. The first-order valence-corrected chi connectivity index (χ1v) is 6.91. The molecule has 0 bridgehead atoms. The van der Waals surface area contributed by atoms with Crippen molar-refractivity contribution in [2.45, 2.75) is 38.3 Å². The maximum absolute atomic E-state index is 6.37. The number of rotatable bonds is 5. The monoisotopic (exact) mass is 248 g/mol. The summed E-state index contributed by atoms with van der Waals surface area (Å²) in [6, 6.07) is 8.45. The van der Waals surface area contributed by atoms with Gasteiger partial charge in [0.05, 0.1) is 12.1 Å². The average molecular weight is 248 g/mol. The van der Waals surface area contributed by atoms with Crippen LogP contribution in [-0.4, -0.2) is 31.1 Å². The van der Waals surface area contributed by atoms with Gasteiger partial charge >= 0.3 is 0 Å². The minimum atomic E-state index is 0.0570. The van der Waals surface area contributed by atoms with Gasteiger partial charge in [-0.05, 0) is 26.1 Å². The van der Waals surface area contributed by atoms with Gasteiger partial charge in [-0.25, -0.2) is 0 Å². The van der Waals surface area contributed by atoms with Gasteiger partial charge in [0.1, 0.15) is 12.4 Å². The second-order valence-electron chi connectivity index (χ2n) is 5.13. The van der Waals surface area contributed by atoms with Crippen molar-refractivity contribution in [2.75, 3.05) is 20.2 Å². The summed E-state index contributed by atoms with van der Waals surface area (Å²) >= 11 is 0. The van der Waals surface area contributed by atoms with E-state index in [1.54, 1.807) is 0 Å². The molecule has 0 amide bonds. The number of benzene rings is 1. The molecule has 1 aliphatic heterocycles. The lowest BCUT2D eigenvalue weighted by atomic mass is 9.96. The predicted octanol–water partition coefficient (Wildman–Crippen LogP) is 2.57. The number of likely N-dealkylation sites (N-methyl/N-ethyl adjacent to an activating group) is 1. The fraction of sp³-hybridized carbons (Fsp3) is 0.600. The van der Waals surface area contributed by atoms with Crippen molar-refractivity contribution in [1.29, 1.82) is 0 Å². The van der Waals surface area contributed by atoms with Crippen LogP contribution in [0.15, 0.2) is 24.3 Å². The van der Waals surface area contributed by atoms with Gasteiger partial charge in [0, 0.05) is 5.56 Å². The molecule has 100 valence electrons. The van der Waals surface area contributed by atoms with Gasteiger partial charge in [-0.1, -0.05) is 38.0 Å². The summed E-state index contributed by atoms with van der Waals surface area (Å²) in [4.78, 5) is 2.34. The molecule has 2 unspecified atom stereocenters. The van der Waals surface area contributed by atoms with E-state index in [9.17, 15) is 0 Å².